The van der Waals surface area contributed by atoms with Crippen molar-refractivity contribution in [2.24, 2.45) is 7.05 Å². The molecule has 0 radical (unpaired) electrons. The summed E-state index contributed by atoms with van der Waals surface area (Å²) in [4.78, 5) is 0. The third-order valence-electron chi connectivity index (χ3n) is 4.18. The Morgan fingerprint density at radius 1 is 0.727 bits per heavy atom. The topological polar surface area (TPSA) is 3.88 Å². The molecular weight excluding hydrogens is 266 g/mol. The van der Waals surface area contributed by atoms with E-state index in [1.807, 2.05) is 0 Å². The lowest BCUT2D eigenvalue weighted by molar-refractivity contribution is -0.660. The normalized spacial score (nSPS) is 10.7. The largest absolute Gasteiger partial charge is 0.212 e. The van der Waals surface area contributed by atoms with Crippen molar-refractivity contribution < 1.29 is 4.57 Å². The van der Waals surface area contributed by atoms with Gasteiger partial charge in [-0.05, 0) is 49.1 Å². The Morgan fingerprint density at radius 2 is 1.36 bits per heavy atom. The number of pyridine rings is 1. The molecule has 0 aliphatic rings. The molecule has 0 bridgehead atoms. The monoisotopic (exact) mass is 288 g/mol. The van der Waals surface area contributed by atoms with E-state index in [1.165, 1.54) is 39.1 Å². The average molecular weight is 288 g/mol. The molecule has 2 aromatic carbocycles. The van der Waals surface area contributed by atoms with E-state index in [1.54, 1.807) is 0 Å². The zero-order valence-corrected chi connectivity index (χ0v) is 13.7. The molecule has 110 valence electrons. The van der Waals surface area contributed by atoms with Gasteiger partial charge in [0.1, 0.15) is 7.05 Å². The Labute approximate surface area is 132 Å². The van der Waals surface area contributed by atoms with Crippen LogP contribution < -0.4 is 4.57 Å². The van der Waals surface area contributed by atoms with Crippen LogP contribution in [0.5, 0.6) is 0 Å². The van der Waals surface area contributed by atoms with E-state index < -0.39 is 0 Å². The molecule has 0 aliphatic carbocycles. The van der Waals surface area contributed by atoms with Gasteiger partial charge in [-0.3, -0.25) is 0 Å². The molecule has 0 fully saturated rings. The minimum atomic E-state index is 1.26. The number of aryl methyl sites for hydroxylation is 4. The van der Waals surface area contributed by atoms with Gasteiger partial charge in [0, 0.05) is 11.6 Å². The van der Waals surface area contributed by atoms with Crippen LogP contribution in [0.25, 0.3) is 22.4 Å². The number of aromatic nitrogens is 1. The molecule has 0 amide bonds. The van der Waals surface area contributed by atoms with Crippen LogP contribution in [0.3, 0.4) is 0 Å². The van der Waals surface area contributed by atoms with E-state index in [9.17, 15) is 0 Å². The second-order valence-corrected chi connectivity index (χ2v) is 6.05. The van der Waals surface area contributed by atoms with Crippen LogP contribution in [0.15, 0.2) is 60.8 Å². The highest BCUT2D eigenvalue weighted by Crippen LogP contribution is 2.30. The zero-order valence-electron chi connectivity index (χ0n) is 13.7. The third kappa shape index (κ3) is 2.67. The lowest BCUT2D eigenvalue weighted by Gasteiger charge is -2.12. The van der Waals surface area contributed by atoms with E-state index >= 15 is 0 Å². The molecule has 1 nitrogen and oxygen atoms in total. The Kier molecular flexibility index (Phi) is 3.81. The first-order valence-corrected chi connectivity index (χ1v) is 7.69. The Morgan fingerprint density at radius 3 is 1.95 bits per heavy atom. The standard InChI is InChI=1S/C21H22N/c1-15-10-11-20(22(4)14-15)21-16(2)12-19(13-17(21)3)18-8-6-5-7-9-18/h5-14H,1-4H3/q+1. The van der Waals surface area contributed by atoms with E-state index in [0.29, 0.717) is 0 Å². The van der Waals surface area contributed by atoms with E-state index in [0.717, 1.165) is 0 Å². The van der Waals surface area contributed by atoms with Gasteiger partial charge in [-0.15, -0.1) is 0 Å². The van der Waals surface area contributed by atoms with Gasteiger partial charge in [0.2, 0.25) is 5.69 Å². The summed E-state index contributed by atoms with van der Waals surface area (Å²) in [7, 11) is 2.12. The first kappa shape index (κ1) is 14.5. The van der Waals surface area contributed by atoms with Gasteiger partial charge in [0.25, 0.3) is 0 Å². The van der Waals surface area contributed by atoms with Gasteiger partial charge in [-0.2, -0.15) is 0 Å². The predicted molar refractivity (Wildman–Crippen MR) is 92.7 cm³/mol. The Bertz CT molecular complexity index is 794. The number of nitrogens with zero attached hydrogens (tertiary/aromatic N) is 1. The van der Waals surface area contributed by atoms with Gasteiger partial charge in [-0.1, -0.05) is 42.5 Å². The van der Waals surface area contributed by atoms with E-state index in [2.05, 4.69) is 93.2 Å². The highest BCUT2D eigenvalue weighted by Gasteiger charge is 2.16. The molecule has 3 rings (SSSR count). The first-order valence-electron chi connectivity index (χ1n) is 7.69. The molecule has 22 heavy (non-hydrogen) atoms. The minimum absolute atomic E-state index is 1.26. The third-order valence-corrected chi connectivity index (χ3v) is 4.18. The van der Waals surface area contributed by atoms with E-state index in [-0.39, 0.29) is 0 Å². The molecule has 0 saturated carbocycles. The minimum Gasteiger partial charge on any atom is -0.201 e. The fourth-order valence-corrected chi connectivity index (χ4v) is 3.17. The molecule has 0 aliphatic heterocycles. The summed E-state index contributed by atoms with van der Waals surface area (Å²) in [5.74, 6) is 0. The summed E-state index contributed by atoms with van der Waals surface area (Å²) < 4.78 is 2.22. The van der Waals surface area contributed by atoms with Crippen molar-refractivity contribution in [1.29, 1.82) is 0 Å². The number of hydrogen-bond donors (Lipinski definition) is 0. The quantitative estimate of drug-likeness (QED) is 0.598. The van der Waals surface area contributed by atoms with E-state index in [4.69, 9.17) is 0 Å². The molecule has 0 N–H and O–H groups in total. The summed E-state index contributed by atoms with van der Waals surface area (Å²) in [5, 5.41) is 0. The lowest BCUT2D eigenvalue weighted by atomic mass is 9.93. The van der Waals surface area contributed by atoms with Gasteiger partial charge < -0.3 is 0 Å². The van der Waals surface area contributed by atoms with Crippen molar-refractivity contribution in [2.45, 2.75) is 20.8 Å². The summed E-state index contributed by atoms with van der Waals surface area (Å²) in [6, 6.07) is 19.5. The van der Waals surface area contributed by atoms with Crippen LogP contribution in [-0.2, 0) is 7.05 Å². The lowest BCUT2D eigenvalue weighted by Crippen LogP contribution is -2.31. The predicted octanol–water partition coefficient (Wildman–Crippen LogP) is 4.77. The molecule has 0 unspecified atom stereocenters. The van der Waals surface area contributed by atoms with Gasteiger partial charge >= 0.3 is 0 Å². The average Bonchev–Trinajstić information content (AvgIpc) is 2.49. The van der Waals surface area contributed by atoms with Crippen LogP contribution in [0, 0.1) is 20.8 Å². The number of benzene rings is 2. The van der Waals surface area contributed by atoms with Gasteiger partial charge in [-0.25, -0.2) is 4.57 Å². The number of rotatable bonds is 2. The van der Waals surface area contributed by atoms with Crippen molar-refractivity contribution in [1.82, 2.24) is 0 Å². The van der Waals surface area contributed by atoms with Crippen molar-refractivity contribution >= 4 is 0 Å². The molecule has 3 aromatic rings. The first-order chi connectivity index (χ1) is 10.6. The van der Waals surface area contributed by atoms with Gasteiger partial charge in [0.05, 0.1) is 5.56 Å². The van der Waals surface area contributed by atoms with Crippen LogP contribution in [0.2, 0.25) is 0 Å². The summed E-state index contributed by atoms with van der Waals surface area (Å²) in [6.07, 6.45) is 2.18. The Balaban J connectivity index is 2.15. The maximum absolute atomic E-state index is 2.29. The fraction of sp³-hybridized carbons (Fsp3) is 0.190. The van der Waals surface area contributed by atoms with Crippen LogP contribution in [-0.4, -0.2) is 0 Å². The molecule has 1 heteroatoms. The Hall–Kier alpha value is -2.41. The highest BCUT2D eigenvalue weighted by atomic mass is 14.9. The number of hydrogen-bond acceptors (Lipinski definition) is 0. The zero-order chi connectivity index (χ0) is 15.7. The second kappa shape index (κ2) is 5.76. The van der Waals surface area contributed by atoms with Crippen molar-refractivity contribution in [3.05, 3.63) is 77.5 Å². The molecule has 1 heterocycles. The van der Waals surface area contributed by atoms with Crippen molar-refractivity contribution in [2.75, 3.05) is 0 Å². The highest BCUT2D eigenvalue weighted by molar-refractivity contribution is 5.74. The van der Waals surface area contributed by atoms with Gasteiger partial charge in [0.15, 0.2) is 6.20 Å². The van der Waals surface area contributed by atoms with Crippen LogP contribution >= 0.6 is 0 Å². The summed E-state index contributed by atoms with van der Waals surface area (Å²) in [5.41, 5.74) is 9.07. The summed E-state index contributed by atoms with van der Waals surface area (Å²) >= 11 is 0. The smallest absolute Gasteiger partial charge is 0.201 e. The van der Waals surface area contributed by atoms with Crippen LogP contribution in [0.1, 0.15) is 16.7 Å². The SMILES string of the molecule is Cc1ccc(-c2c(C)cc(-c3ccccc3)cc2C)[n+](C)c1. The van der Waals surface area contributed by atoms with Crippen molar-refractivity contribution in [3.8, 4) is 22.4 Å². The molecular formula is C21H22N+. The molecule has 0 saturated heterocycles. The fourth-order valence-electron chi connectivity index (χ4n) is 3.17. The molecule has 0 atom stereocenters. The maximum atomic E-state index is 2.29. The summed E-state index contributed by atoms with van der Waals surface area (Å²) in [6.45, 7) is 6.53. The molecule has 0 spiro atoms. The molecule has 1 aromatic heterocycles. The second-order valence-electron chi connectivity index (χ2n) is 6.05. The maximum Gasteiger partial charge on any atom is 0.212 e. The van der Waals surface area contributed by atoms with Crippen molar-refractivity contribution in [3.63, 3.8) is 0 Å². The van der Waals surface area contributed by atoms with Crippen LogP contribution in [0.4, 0.5) is 0 Å².